The third-order valence-corrected chi connectivity index (χ3v) is 2.14. The minimum atomic E-state index is -0.423. The molecule has 0 atom stereocenters. The largest absolute Gasteiger partial charge is 0.497 e. The van der Waals surface area contributed by atoms with Crippen molar-refractivity contribution in [2.24, 2.45) is 0 Å². The van der Waals surface area contributed by atoms with Crippen LogP contribution in [-0.2, 0) is 0 Å². The molecule has 0 aliphatic rings. The summed E-state index contributed by atoms with van der Waals surface area (Å²) in [5, 5.41) is 13.8. The molecule has 0 aliphatic heterocycles. The Hall–Kier alpha value is -2.22. The summed E-state index contributed by atoms with van der Waals surface area (Å²) in [5.41, 5.74) is 0.488. The van der Waals surface area contributed by atoms with Crippen molar-refractivity contribution < 1.29 is 9.66 Å². The Morgan fingerprint density at radius 2 is 2.29 bits per heavy atom. The van der Waals surface area contributed by atoms with Gasteiger partial charge in [0.2, 0.25) is 0 Å². The fourth-order valence-corrected chi connectivity index (χ4v) is 1.33. The lowest BCUT2D eigenvalue weighted by Crippen LogP contribution is -2.04. The van der Waals surface area contributed by atoms with Crippen molar-refractivity contribution in [3.05, 3.63) is 28.3 Å². The van der Waals surface area contributed by atoms with Crippen LogP contribution >= 0.6 is 0 Å². The lowest BCUT2D eigenvalue weighted by Gasteiger charge is -2.07. The number of nitrogens with one attached hydrogen (secondary N) is 1. The predicted molar refractivity (Wildman–Crippen MR) is 66.2 cm³/mol. The first kappa shape index (κ1) is 12.8. The minimum absolute atomic E-state index is 0.0373. The van der Waals surface area contributed by atoms with Crippen LogP contribution in [0.5, 0.6) is 5.75 Å². The summed E-state index contributed by atoms with van der Waals surface area (Å²) >= 11 is 0. The zero-order valence-corrected chi connectivity index (χ0v) is 9.82. The Labute approximate surface area is 99.9 Å². The summed E-state index contributed by atoms with van der Waals surface area (Å²) < 4.78 is 5.03. The van der Waals surface area contributed by atoms with Gasteiger partial charge in [-0.05, 0) is 13.0 Å². The Bertz CT molecular complexity index is 461. The highest BCUT2D eigenvalue weighted by molar-refractivity contribution is 5.64. The maximum atomic E-state index is 10.8. The van der Waals surface area contributed by atoms with Gasteiger partial charge in [0.15, 0.2) is 0 Å². The molecule has 1 aromatic rings. The van der Waals surface area contributed by atoms with E-state index in [4.69, 9.17) is 4.74 Å². The predicted octanol–water partition coefficient (Wildman–Crippen LogP) is 2.43. The van der Waals surface area contributed by atoms with Gasteiger partial charge in [-0.3, -0.25) is 10.1 Å². The minimum Gasteiger partial charge on any atom is -0.497 e. The van der Waals surface area contributed by atoms with Gasteiger partial charge in [0, 0.05) is 25.1 Å². The second-order valence-electron chi connectivity index (χ2n) is 3.24. The van der Waals surface area contributed by atoms with Gasteiger partial charge in [0.05, 0.1) is 12.0 Å². The monoisotopic (exact) mass is 234 g/mol. The number of hydrogen-bond donors (Lipinski definition) is 1. The zero-order chi connectivity index (χ0) is 12.7. The molecule has 1 rings (SSSR count). The van der Waals surface area contributed by atoms with Crippen LogP contribution < -0.4 is 10.1 Å². The zero-order valence-electron chi connectivity index (χ0n) is 9.82. The fourth-order valence-electron chi connectivity index (χ4n) is 1.33. The van der Waals surface area contributed by atoms with E-state index in [2.05, 4.69) is 17.2 Å². The maximum Gasteiger partial charge on any atom is 0.292 e. The number of nitro groups is 1. The summed E-state index contributed by atoms with van der Waals surface area (Å²) in [7, 11) is 1.52. The molecule has 0 fully saturated rings. The van der Waals surface area contributed by atoms with Gasteiger partial charge in [-0.15, -0.1) is 11.8 Å². The van der Waals surface area contributed by atoms with Crippen molar-refractivity contribution in [1.29, 1.82) is 0 Å². The molecule has 5 heteroatoms. The van der Waals surface area contributed by atoms with E-state index in [-0.39, 0.29) is 5.69 Å². The topological polar surface area (TPSA) is 64.4 Å². The van der Waals surface area contributed by atoms with Crippen LogP contribution in [0.2, 0.25) is 0 Å². The molecule has 0 aliphatic carbocycles. The van der Waals surface area contributed by atoms with Gasteiger partial charge in [-0.25, -0.2) is 0 Å². The number of nitrogens with zero attached hydrogens (tertiary/aromatic N) is 1. The van der Waals surface area contributed by atoms with E-state index >= 15 is 0 Å². The van der Waals surface area contributed by atoms with Crippen LogP contribution in [0.15, 0.2) is 18.2 Å². The van der Waals surface area contributed by atoms with E-state index in [1.165, 1.54) is 13.2 Å². The number of rotatable bonds is 5. The molecular formula is C12H14N2O3. The Morgan fingerprint density at radius 3 is 2.88 bits per heavy atom. The van der Waals surface area contributed by atoms with E-state index < -0.39 is 4.92 Å². The van der Waals surface area contributed by atoms with E-state index in [9.17, 15) is 10.1 Å². The Morgan fingerprint density at radius 1 is 1.53 bits per heavy atom. The van der Waals surface area contributed by atoms with Gasteiger partial charge in [0.25, 0.3) is 5.69 Å². The average Bonchev–Trinajstić information content (AvgIpc) is 2.34. The molecule has 0 amide bonds. The fraction of sp³-hybridized carbons (Fsp3) is 0.333. The van der Waals surface area contributed by atoms with E-state index in [1.54, 1.807) is 19.1 Å². The number of benzene rings is 1. The Kier molecular flexibility index (Phi) is 4.82. The SMILES string of the molecule is CC#CCCNc1cc(OC)ccc1[N+](=O)[O-]. The first-order chi connectivity index (χ1) is 8.19. The van der Waals surface area contributed by atoms with Gasteiger partial charge in [-0.1, -0.05) is 0 Å². The highest BCUT2D eigenvalue weighted by Crippen LogP contribution is 2.28. The number of methoxy groups -OCH3 is 1. The molecule has 0 saturated carbocycles. The lowest BCUT2D eigenvalue weighted by molar-refractivity contribution is -0.384. The van der Waals surface area contributed by atoms with Crippen molar-refractivity contribution in [1.82, 2.24) is 0 Å². The van der Waals surface area contributed by atoms with Crippen molar-refractivity contribution in [2.45, 2.75) is 13.3 Å². The van der Waals surface area contributed by atoms with Crippen molar-refractivity contribution in [2.75, 3.05) is 19.0 Å². The first-order valence-electron chi connectivity index (χ1n) is 5.15. The summed E-state index contributed by atoms with van der Waals surface area (Å²) in [6.45, 7) is 2.32. The molecule has 0 radical (unpaired) electrons. The number of anilines is 1. The summed E-state index contributed by atoms with van der Waals surface area (Å²) in [5.74, 6) is 6.23. The van der Waals surface area contributed by atoms with Crippen LogP contribution in [0, 0.1) is 22.0 Å². The molecule has 5 nitrogen and oxygen atoms in total. The molecule has 1 N–H and O–H groups in total. The van der Waals surface area contributed by atoms with Crippen molar-refractivity contribution in [3.63, 3.8) is 0 Å². The van der Waals surface area contributed by atoms with Crippen LogP contribution in [0.3, 0.4) is 0 Å². The van der Waals surface area contributed by atoms with Gasteiger partial charge < -0.3 is 10.1 Å². The molecule has 0 aromatic heterocycles. The normalized spacial score (nSPS) is 9.06. The molecule has 0 spiro atoms. The Balaban J connectivity index is 2.84. The third-order valence-electron chi connectivity index (χ3n) is 2.14. The average molecular weight is 234 g/mol. The summed E-state index contributed by atoms with van der Waals surface area (Å²) in [4.78, 5) is 10.4. The second kappa shape index (κ2) is 6.38. The number of hydrogen-bond acceptors (Lipinski definition) is 4. The van der Waals surface area contributed by atoms with Crippen LogP contribution in [0.1, 0.15) is 13.3 Å². The first-order valence-corrected chi connectivity index (χ1v) is 5.15. The molecule has 17 heavy (non-hydrogen) atoms. The maximum absolute atomic E-state index is 10.8. The second-order valence-corrected chi connectivity index (χ2v) is 3.24. The van der Waals surface area contributed by atoms with Gasteiger partial charge in [-0.2, -0.15) is 0 Å². The third kappa shape index (κ3) is 3.68. The standard InChI is InChI=1S/C12H14N2O3/c1-3-4-5-8-13-11-9-10(17-2)6-7-12(11)14(15)16/h6-7,9,13H,5,8H2,1-2H3. The van der Waals surface area contributed by atoms with Crippen molar-refractivity contribution in [3.8, 4) is 17.6 Å². The molecule has 90 valence electrons. The van der Waals surface area contributed by atoms with Crippen molar-refractivity contribution >= 4 is 11.4 Å². The lowest BCUT2D eigenvalue weighted by atomic mass is 10.2. The van der Waals surface area contributed by atoms with E-state index in [0.29, 0.717) is 24.4 Å². The van der Waals surface area contributed by atoms with Crippen LogP contribution in [0.25, 0.3) is 0 Å². The van der Waals surface area contributed by atoms with E-state index in [1.807, 2.05) is 0 Å². The molecule has 0 heterocycles. The molecule has 0 unspecified atom stereocenters. The van der Waals surface area contributed by atoms with Gasteiger partial charge >= 0.3 is 0 Å². The van der Waals surface area contributed by atoms with Gasteiger partial charge in [0.1, 0.15) is 11.4 Å². The highest BCUT2D eigenvalue weighted by atomic mass is 16.6. The summed E-state index contributed by atoms with van der Waals surface area (Å²) in [6.07, 6.45) is 0.644. The molecule has 0 bridgehead atoms. The quantitative estimate of drug-likeness (QED) is 0.368. The van der Waals surface area contributed by atoms with Crippen LogP contribution in [-0.4, -0.2) is 18.6 Å². The smallest absolute Gasteiger partial charge is 0.292 e. The van der Waals surface area contributed by atoms with Crippen LogP contribution in [0.4, 0.5) is 11.4 Å². The molecule has 1 aromatic carbocycles. The highest BCUT2D eigenvalue weighted by Gasteiger charge is 2.13. The summed E-state index contributed by atoms with van der Waals surface area (Å²) in [6, 6.07) is 4.60. The van der Waals surface area contributed by atoms with E-state index in [0.717, 1.165) is 0 Å². The molecular weight excluding hydrogens is 220 g/mol. The molecule has 0 saturated heterocycles. The number of ether oxygens (including phenoxy) is 1. The number of nitro benzene ring substituents is 1.